The molecule has 1 saturated heterocycles. The van der Waals surface area contributed by atoms with E-state index in [9.17, 15) is 10.2 Å². The van der Waals surface area contributed by atoms with Crippen molar-refractivity contribution in [3.05, 3.63) is 0 Å². The summed E-state index contributed by atoms with van der Waals surface area (Å²) >= 11 is 0. The molecule has 0 radical (unpaired) electrons. The Hall–Kier alpha value is -0.200. The van der Waals surface area contributed by atoms with Gasteiger partial charge in [-0.1, -0.05) is 26.7 Å². The molecule has 5 heteroatoms. The zero-order valence-corrected chi connectivity index (χ0v) is 11.4. The third kappa shape index (κ3) is 4.82. The Labute approximate surface area is 109 Å². The molecule has 0 spiro atoms. The molecule has 0 aromatic rings. The number of aliphatic hydroxyl groups is 2. The average Bonchev–Trinajstić information content (AvgIpc) is 2.63. The maximum absolute atomic E-state index is 9.77. The van der Waals surface area contributed by atoms with Crippen molar-refractivity contribution in [2.75, 3.05) is 19.8 Å². The van der Waals surface area contributed by atoms with Gasteiger partial charge in [-0.25, -0.2) is 0 Å². The molecular weight excluding hydrogens is 236 g/mol. The molecule has 0 amide bonds. The molecule has 0 aromatic carbocycles. The minimum absolute atomic E-state index is 0.352. The molecule has 1 aliphatic rings. The van der Waals surface area contributed by atoms with Gasteiger partial charge in [0.25, 0.3) is 0 Å². The summed E-state index contributed by atoms with van der Waals surface area (Å²) in [5.74, 6) is 0. The Kier molecular flexibility index (Phi) is 7.77. The number of ether oxygens (including phenoxy) is 3. The Bertz CT molecular complexity index is 212. The third-order valence-electron chi connectivity index (χ3n) is 3.04. The lowest BCUT2D eigenvalue weighted by atomic mass is 10.1. The van der Waals surface area contributed by atoms with E-state index in [4.69, 9.17) is 14.2 Å². The zero-order chi connectivity index (χ0) is 13.4. The summed E-state index contributed by atoms with van der Waals surface area (Å²) in [5, 5.41) is 19.3. The highest BCUT2D eigenvalue weighted by Crippen LogP contribution is 2.23. The fraction of sp³-hybridized carbons (Fsp3) is 1.00. The van der Waals surface area contributed by atoms with Gasteiger partial charge in [0.2, 0.25) is 0 Å². The second-order valence-corrected chi connectivity index (χ2v) is 4.67. The van der Waals surface area contributed by atoms with Crippen molar-refractivity contribution in [1.29, 1.82) is 0 Å². The van der Waals surface area contributed by atoms with Gasteiger partial charge in [0.15, 0.2) is 6.29 Å². The minimum atomic E-state index is -1.17. The van der Waals surface area contributed by atoms with Crippen molar-refractivity contribution in [2.45, 2.75) is 64.1 Å². The van der Waals surface area contributed by atoms with E-state index in [-0.39, 0.29) is 6.10 Å². The molecule has 0 saturated carbocycles. The summed E-state index contributed by atoms with van der Waals surface area (Å²) in [5.41, 5.74) is 0. The number of hydrogen-bond donors (Lipinski definition) is 2. The summed E-state index contributed by atoms with van der Waals surface area (Å²) in [6, 6.07) is 0. The van der Waals surface area contributed by atoms with Gasteiger partial charge in [-0.2, -0.15) is 0 Å². The molecule has 1 unspecified atom stereocenters. The molecule has 18 heavy (non-hydrogen) atoms. The van der Waals surface area contributed by atoms with E-state index in [2.05, 4.69) is 13.8 Å². The first kappa shape index (κ1) is 15.9. The Morgan fingerprint density at radius 1 is 1.06 bits per heavy atom. The average molecular weight is 262 g/mol. The van der Waals surface area contributed by atoms with Crippen molar-refractivity contribution in [2.24, 2.45) is 0 Å². The van der Waals surface area contributed by atoms with Crippen LogP contribution in [0.5, 0.6) is 0 Å². The van der Waals surface area contributed by atoms with E-state index >= 15 is 0 Å². The van der Waals surface area contributed by atoms with Crippen molar-refractivity contribution < 1.29 is 24.4 Å². The molecule has 1 heterocycles. The maximum atomic E-state index is 9.77. The lowest BCUT2D eigenvalue weighted by Gasteiger charge is -2.20. The SMILES string of the molecule is CCCCOC[C@H]1O[C@H](O)C(O)[C@H]1OCCCC. The van der Waals surface area contributed by atoms with E-state index < -0.39 is 18.5 Å². The van der Waals surface area contributed by atoms with Crippen LogP contribution in [-0.2, 0) is 14.2 Å². The van der Waals surface area contributed by atoms with Gasteiger partial charge < -0.3 is 24.4 Å². The quantitative estimate of drug-likeness (QED) is 0.608. The van der Waals surface area contributed by atoms with E-state index in [0.29, 0.717) is 19.8 Å². The summed E-state index contributed by atoms with van der Waals surface area (Å²) in [6.07, 6.45) is 1.01. The van der Waals surface area contributed by atoms with Gasteiger partial charge in [-0.3, -0.25) is 0 Å². The van der Waals surface area contributed by atoms with Crippen molar-refractivity contribution in [1.82, 2.24) is 0 Å². The van der Waals surface area contributed by atoms with Crippen LogP contribution in [0.25, 0.3) is 0 Å². The van der Waals surface area contributed by atoms with E-state index in [0.717, 1.165) is 25.7 Å². The number of aliphatic hydroxyl groups excluding tert-OH is 2. The van der Waals surface area contributed by atoms with E-state index in [1.165, 1.54) is 0 Å². The summed E-state index contributed by atoms with van der Waals surface area (Å²) in [7, 11) is 0. The molecular formula is C13H26O5. The second-order valence-electron chi connectivity index (χ2n) is 4.67. The van der Waals surface area contributed by atoms with Gasteiger partial charge in [-0.15, -0.1) is 0 Å². The first-order valence-electron chi connectivity index (χ1n) is 6.91. The van der Waals surface area contributed by atoms with E-state index in [1.807, 2.05) is 0 Å². The van der Waals surface area contributed by atoms with Crippen molar-refractivity contribution in [3.63, 3.8) is 0 Å². The topological polar surface area (TPSA) is 68.2 Å². The summed E-state index contributed by atoms with van der Waals surface area (Å²) in [6.45, 7) is 5.76. The highest BCUT2D eigenvalue weighted by molar-refractivity contribution is 4.87. The molecule has 108 valence electrons. The van der Waals surface area contributed by atoms with Crippen LogP contribution in [0.3, 0.4) is 0 Å². The number of hydrogen-bond acceptors (Lipinski definition) is 5. The Morgan fingerprint density at radius 3 is 2.39 bits per heavy atom. The fourth-order valence-electron chi connectivity index (χ4n) is 1.87. The molecule has 2 N–H and O–H groups in total. The highest BCUT2D eigenvalue weighted by Gasteiger charge is 2.43. The second kappa shape index (κ2) is 8.82. The lowest BCUT2D eigenvalue weighted by Crippen LogP contribution is -2.37. The van der Waals surface area contributed by atoms with Gasteiger partial charge >= 0.3 is 0 Å². The predicted octanol–water partition coefficient (Wildman–Crippen LogP) is 1.07. The minimum Gasteiger partial charge on any atom is -0.385 e. The van der Waals surface area contributed by atoms with Gasteiger partial charge in [0, 0.05) is 13.2 Å². The standard InChI is InChI=1S/C13H26O5/c1-3-5-7-16-9-10-12(17-8-6-4-2)11(14)13(15)18-10/h10-15H,3-9H2,1-2H3/t10-,11?,12+,13+/m1/s1. The van der Waals surface area contributed by atoms with Crippen molar-refractivity contribution in [3.8, 4) is 0 Å². The largest absolute Gasteiger partial charge is 0.385 e. The van der Waals surface area contributed by atoms with Crippen LogP contribution in [0.15, 0.2) is 0 Å². The van der Waals surface area contributed by atoms with Crippen LogP contribution >= 0.6 is 0 Å². The maximum Gasteiger partial charge on any atom is 0.184 e. The summed E-state index contributed by atoms with van der Waals surface area (Å²) < 4.78 is 16.3. The lowest BCUT2D eigenvalue weighted by molar-refractivity contribution is -0.137. The normalized spacial score (nSPS) is 32.0. The van der Waals surface area contributed by atoms with Gasteiger partial charge in [0.1, 0.15) is 18.3 Å². The first-order valence-corrected chi connectivity index (χ1v) is 6.91. The first-order chi connectivity index (χ1) is 8.70. The number of unbranched alkanes of at least 4 members (excludes halogenated alkanes) is 2. The molecule has 1 rings (SSSR count). The van der Waals surface area contributed by atoms with Crippen LogP contribution in [0.1, 0.15) is 39.5 Å². The van der Waals surface area contributed by atoms with Gasteiger partial charge in [0.05, 0.1) is 6.61 Å². The van der Waals surface area contributed by atoms with Crippen LogP contribution in [0.2, 0.25) is 0 Å². The fourth-order valence-corrected chi connectivity index (χ4v) is 1.87. The molecule has 1 fully saturated rings. The smallest absolute Gasteiger partial charge is 0.184 e. The number of rotatable bonds is 9. The van der Waals surface area contributed by atoms with E-state index in [1.54, 1.807) is 0 Å². The third-order valence-corrected chi connectivity index (χ3v) is 3.04. The highest BCUT2D eigenvalue weighted by atomic mass is 16.7. The zero-order valence-electron chi connectivity index (χ0n) is 11.4. The van der Waals surface area contributed by atoms with Crippen LogP contribution in [-0.4, -0.2) is 54.6 Å². The van der Waals surface area contributed by atoms with Gasteiger partial charge in [-0.05, 0) is 12.8 Å². The molecule has 0 aromatic heterocycles. The molecule has 1 aliphatic heterocycles. The molecule has 5 nitrogen and oxygen atoms in total. The Balaban J connectivity index is 2.32. The van der Waals surface area contributed by atoms with Crippen molar-refractivity contribution >= 4 is 0 Å². The van der Waals surface area contributed by atoms with Crippen LogP contribution in [0.4, 0.5) is 0 Å². The van der Waals surface area contributed by atoms with Crippen LogP contribution in [0, 0.1) is 0 Å². The Morgan fingerprint density at radius 2 is 1.72 bits per heavy atom. The summed E-state index contributed by atoms with van der Waals surface area (Å²) in [4.78, 5) is 0. The predicted molar refractivity (Wildman–Crippen MR) is 67.3 cm³/mol. The molecule has 4 atom stereocenters. The molecule has 0 bridgehead atoms. The molecule has 0 aliphatic carbocycles. The monoisotopic (exact) mass is 262 g/mol. The van der Waals surface area contributed by atoms with Crippen LogP contribution < -0.4 is 0 Å².